The van der Waals surface area contributed by atoms with Crippen molar-refractivity contribution >= 4 is 11.6 Å². The van der Waals surface area contributed by atoms with Gasteiger partial charge in [0.25, 0.3) is 11.5 Å². The summed E-state index contributed by atoms with van der Waals surface area (Å²) in [6, 6.07) is 10.4. The average molecular weight is 437 g/mol. The van der Waals surface area contributed by atoms with Gasteiger partial charge in [0.15, 0.2) is 0 Å². The second-order valence-electron chi connectivity index (χ2n) is 8.17. The maximum atomic E-state index is 12.9. The van der Waals surface area contributed by atoms with Gasteiger partial charge in [-0.05, 0) is 43.6 Å². The van der Waals surface area contributed by atoms with Crippen LogP contribution < -0.4 is 21.9 Å². The Balaban J connectivity index is 1.36. The first-order valence-corrected chi connectivity index (χ1v) is 11.0. The van der Waals surface area contributed by atoms with Crippen LogP contribution in [0, 0.1) is 0 Å². The van der Waals surface area contributed by atoms with E-state index in [1.807, 2.05) is 16.8 Å². The molecule has 0 unspecified atom stereocenters. The number of rotatable bonds is 8. The Morgan fingerprint density at radius 2 is 1.88 bits per heavy atom. The summed E-state index contributed by atoms with van der Waals surface area (Å²) < 4.78 is 1.93. The van der Waals surface area contributed by atoms with Gasteiger partial charge in [-0.25, -0.2) is 9.78 Å². The number of aromatic nitrogens is 4. The number of nitrogens with one attached hydrogen (secondary N) is 4. The molecule has 2 aromatic heterocycles. The predicted octanol–water partition coefficient (Wildman–Crippen LogP) is 2.22. The number of amides is 1. The summed E-state index contributed by atoms with van der Waals surface area (Å²) >= 11 is 0. The van der Waals surface area contributed by atoms with Crippen molar-refractivity contribution in [2.75, 3.05) is 11.9 Å². The van der Waals surface area contributed by atoms with Crippen molar-refractivity contribution < 1.29 is 4.79 Å². The van der Waals surface area contributed by atoms with E-state index in [1.54, 1.807) is 12.5 Å². The summed E-state index contributed by atoms with van der Waals surface area (Å²) in [5.41, 5.74) is 0.0989. The molecule has 0 aliphatic heterocycles. The molecular formula is C23H28N6O3. The molecule has 1 aromatic carbocycles. The van der Waals surface area contributed by atoms with Gasteiger partial charge < -0.3 is 20.2 Å². The summed E-state index contributed by atoms with van der Waals surface area (Å²) in [6.07, 6.45) is 9.69. The van der Waals surface area contributed by atoms with E-state index in [2.05, 4.69) is 49.9 Å². The second kappa shape index (κ2) is 10.1. The maximum Gasteiger partial charge on any atom is 0.326 e. The van der Waals surface area contributed by atoms with Crippen LogP contribution in [-0.4, -0.2) is 38.0 Å². The minimum Gasteiger partial charge on any atom is -0.379 e. The van der Waals surface area contributed by atoms with E-state index < -0.39 is 17.2 Å². The lowest BCUT2D eigenvalue weighted by atomic mass is 9.82. The third-order valence-electron chi connectivity index (χ3n) is 5.96. The molecule has 0 bridgehead atoms. The zero-order chi connectivity index (χ0) is 22.3. The third-order valence-corrected chi connectivity index (χ3v) is 5.96. The molecule has 0 spiro atoms. The number of aryl methyl sites for hydroxylation is 1. The van der Waals surface area contributed by atoms with Gasteiger partial charge in [-0.15, -0.1) is 0 Å². The van der Waals surface area contributed by atoms with Gasteiger partial charge in [-0.3, -0.25) is 14.6 Å². The van der Waals surface area contributed by atoms with Crippen LogP contribution >= 0.6 is 0 Å². The first kappa shape index (κ1) is 21.6. The molecule has 3 aromatic rings. The molecule has 168 valence electrons. The Bertz CT molecular complexity index is 1130. The van der Waals surface area contributed by atoms with Gasteiger partial charge in [0, 0.05) is 31.5 Å². The predicted molar refractivity (Wildman–Crippen MR) is 122 cm³/mol. The summed E-state index contributed by atoms with van der Waals surface area (Å²) in [7, 11) is 0. The molecule has 0 saturated heterocycles. The van der Waals surface area contributed by atoms with Crippen molar-refractivity contribution in [2.24, 2.45) is 0 Å². The normalized spacial score (nSPS) is 18.2. The molecule has 0 atom stereocenters. The Hall–Kier alpha value is -3.62. The average Bonchev–Trinajstić information content (AvgIpc) is 3.32. The van der Waals surface area contributed by atoms with Crippen LogP contribution in [0.25, 0.3) is 0 Å². The Kier molecular flexibility index (Phi) is 6.84. The van der Waals surface area contributed by atoms with Gasteiger partial charge in [0.05, 0.1) is 6.33 Å². The molecule has 32 heavy (non-hydrogen) atoms. The first-order valence-electron chi connectivity index (χ1n) is 11.0. The monoisotopic (exact) mass is 436 g/mol. The van der Waals surface area contributed by atoms with Gasteiger partial charge >= 0.3 is 5.69 Å². The minimum atomic E-state index is -0.697. The SMILES string of the molecule is O=C(N[C@H]1CC[C@@H](c2ccccc2)CC1)c1[nH]c(=O)[nH]c(=O)c1NCCCn1ccnc1. The van der Waals surface area contributed by atoms with E-state index in [4.69, 9.17) is 0 Å². The summed E-state index contributed by atoms with van der Waals surface area (Å²) in [5, 5.41) is 6.01. The van der Waals surface area contributed by atoms with Crippen LogP contribution in [0.1, 0.15) is 54.1 Å². The number of anilines is 1. The second-order valence-corrected chi connectivity index (χ2v) is 8.17. The number of nitrogens with zero attached hydrogens (tertiary/aromatic N) is 2. The van der Waals surface area contributed by atoms with Crippen molar-refractivity contribution in [1.82, 2.24) is 24.8 Å². The van der Waals surface area contributed by atoms with Crippen molar-refractivity contribution in [2.45, 2.75) is 50.6 Å². The molecule has 9 nitrogen and oxygen atoms in total. The van der Waals surface area contributed by atoms with E-state index in [0.717, 1.165) is 38.6 Å². The van der Waals surface area contributed by atoms with Gasteiger partial charge in [0.2, 0.25) is 0 Å². The van der Waals surface area contributed by atoms with Gasteiger partial charge in [0.1, 0.15) is 11.4 Å². The van der Waals surface area contributed by atoms with Crippen LogP contribution in [-0.2, 0) is 6.54 Å². The minimum absolute atomic E-state index is 0.0133. The smallest absolute Gasteiger partial charge is 0.326 e. The largest absolute Gasteiger partial charge is 0.379 e. The van der Waals surface area contributed by atoms with Crippen molar-refractivity contribution in [3.05, 3.63) is 81.1 Å². The van der Waals surface area contributed by atoms with Crippen molar-refractivity contribution in [3.8, 4) is 0 Å². The van der Waals surface area contributed by atoms with Crippen LogP contribution in [0.15, 0.2) is 58.6 Å². The highest BCUT2D eigenvalue weighted by Gasteiger charge is 2.25. The van der Waals surface area contributed by atoms with E-state index in [9.17, 15) is 14.4 Å². The highest BCUT2D eigenvalue weighted by atomic mass is 16.2. The number of carbonyl (C=O) groups excluding carboxylic acids is 1. The lowest BCUT2D eigenvalue weighted by Crippen LogP contribution is -2.40. The number of aromatic amines is 2. The lowest BCUT2D eigenvalue weighted by Gasteiger charge is -2.29. The molecule has 4 rings (SSSR count). The zero-order valence-electron chi connectivity index (χ0n) is 17.8. The van der Waals surface area contributed by atoms with E-state index >= 15 is 0 Å². The Morgan fingerprint density at radius 3 is 2.59 bits per heavy atom. The molecule has 4 N–H and O–H groups in total. The molecule has 1 amide bonds. The highest BCUT2D eigenvalue weighted by molar-refractivity contribution is 5.97. The number of hydrogen-bond donors (Lipinski definition) is 4. The zero-order valence-corrected chi connectivity index (χ0v) is 17.8. The van der Waals surface area contributed by atoms with Crippen LogP contribution in [0.5, 0.6) is 0 Å². The van der Waals surface area contributed by atoms with E-state index in [1.165, 1.54) is 5.56 Å². The third kappa shape index (κ3) is 5.35. The highest BCUT2D eigenvalue weighted by Crippen LogP contribution is 2.32. The standard InChI is InChI=1S/C23H28N6O3/c30-21-19(25-11-4-13-29-14-12-24-15-29)20(27-23(32)28-21)22(31)26-18-9-7-17(8-10-18)16-5-2-1-3-6-16/h1-3,5-6,12,14-15,17-18,25H,4,7-11,13H2,(H,26,31)(H2,27,28,30,32)/t17-,18+. The fourth-order valence-corrected chi connectivity index (χ4v) is 4.27. The molecule has 1 saturated carbocycles. The number of benzene rings is 1. The van der Waals surface area contributed by atoms with E-state index in [-0.39, 0.29) is 17.4 Å². The number of hydrogen-bond acceptors (Lipinski definition) is 5. The molecular weight excluding hydrogens is 408 g/mol. The van der Waals surface area contributed by atoms with Crippen molar-refractivity contribution in [3.63, 3.8) is 0 Å². The number of H-pyrrole nitrogens is 2. The van der Waals surface area contributed by atoms with Crippen LogP contribution in [0.2, 0.25) is 0 Å². The van der Waals surface area contributed by atoms with Gasteiger partial charge in [-0.2, -0.15) is 0 Å². The van der Waals surface area contributed by atoms with Crippen molar-refractivity contribution in [1.29, 1.82) is 0 Å². The molecule has 0 radical (unpaired) electrons. The number of carbonyl (C=O) groups is 1. The topological polar surface area (TPSA) is 125 Å². The maximum absolute atomic E-state index is 12.9. The fourth-order valence-electron chi connectivity index (χ4n) is 4.27. The molecule has 9 heteroatoms. The van der Waals surface area contributed by atoms with E-state index in [0.29, 0.717) is 12.5 Å². The molecule has 2 heterocycles. The molecule has 1 aliphatic rings. The van der Waals surface area contributed by atoms with Crippen LogP contribution in [0.3, 0.4) is 0 Å². The Labute approximate surface area is 185 Å². The molecule has 1 aliphatic carbocycles. The van der Waals surface area contributed by atoms with Crippen LogP contribution in [0.4, 0.5) is 5.69 Å². The van der Waals surface area contributed by atoms with Gasteiger partial charge in [-0.1, -0.05) is 30.3 Å². The quantitative estimate of drug-likeness (QED) is 0.403. The summed E-state index contributed by atoms with van der Waals surface area (Å²) in [6.45, 7) is 1.19. The summed E-state index contributed by atoms with van der Waals surface area (Å²) in [5.74, 6) is 0.0601. The molecule has 1 fully saturated rings. The lowest BCUT2D eigenvalue weighted by molar-refractivity contribution is 0.0921. The number of imidazole rings is 1. The first-order chi connectivity index (χ1) is 15.6. The fraction of sp³-hybridized carbons (Fsp3) is 0.391. The summed E-state index contributed by atoms with van der Waals surface area (Å²) in [4.78, 5) is 45.8. The Morgan fingerprint density at radius 1 is 1.09 bits per heavy atom.